The van der Waals surface area contributed by atoms with Crippen molar-refractivity contribution >= 4 is 17.6 Å². The van der Waals surface area contributed by atoms with Crippen LogP contribution in [0, 0.1) is 0 Å². The molecule has 0 bridgehead atoms. The van der Waals surface area contributed by atoms with E-state index in [4.69, 9.17) is 9.47 Å². The van der Waals surface area contributed by atoms with Crippen molar-refractivity contribution in [1.29, 1.82) is 0 Å². The summed E-state index contributed by atoms with van der Waals surface area (Å²) in [6, 6.07) is 3.13. The fourth-order valence-electron chi connectivity index (χ4n) is 1.88. The topological polar surface area (TPSA) is 73.9 Å². The van der Waals surface area contributed by atoms with Gasteiger partial charge in [-0.3, -0.25) is 4.79 Å². The quantitative estimate of drug-likeness (QED) is 0.840. The molecule has 0 aromatic heterocycles. The summed E-state index contributed by atoms with van der Waals surface area (Å²) in [4.78, 5) is 23.5. The van der Waals surface area contributed by atoms with Crippen LogP contribution >= 0.6 is 0 Å². The van der Waals surface area contributed by atoms with Gasteiger partial charge in [-0.15, -0.1) is 0 Å². The zero-order valence-corrected chi connectivity index (χ0v) is 11.0. The third-order valence-corrected chi connectivity index (χ3v) is 2.90. The molecule has 0 saturated carbocycles. The normalized spacial score (nSPS) is 17.0. The Morgan fingerprint density at radius 3 is 2.74 bits per heavy atom. The molecule has 1 aliphatic heterocycles. The van der Waals surface area contributed by atoms with Crippen molar-refractivity contribution in [3.8, 4) is 11.5 Å². The van der Waals surface area contributed by atoms with E-state index in [9.17, 15) is 9.59 Å². The minimum Gasteiger partial charge on any atom is -0.497 e. The highest BCUT2D eigenvalue weighted by atomic mass is 16.5. The Kier molecular flexibility index (Phi) is 3.59. The number of hydrogen-bond donors (Lipinski definition) is 1. The van der Waals surface area contributed by atoms with Crippen LogP contribution in [-0.4, -0.2) is 32.2 Å². The molecule has 1 aromatic carbocycles. The molecule has 0 saturated heterocycles. The second-order valence-electron chi connectivity index (χ2n) is 4.04. The van der Waals surface area contributed by atoms with E-state index in [-0.39, 0.29) is 11.5 Å². The number of hydrogen-bond acceptors (Lipinski definition) is 5. The highest BCUT2D eigenvalue weighted by Gasteiger charge is 2.30. The minimum absolute atomic E-state index is 0.208. The van der Waals surface area contributed by atoms with Gasteiger partial charge in [-0.25, -0.2) is 4.79 Å². The SMILES string of the molecule is CCC1Oc2cc(OC)cc(C(=O)OC)c2NC1=O. The monoisotopic (exact) mass is 265 g/mol. The molecule has 2 rings (SSSR count). The van der Waals surface area contributed by atoms with E-state index in [1.807, 2.05) is 6.92 Å². The molecule has 19 heavy (non-hydrogen) atoms. The summed E-state index contributed by atoms with van der Waals surface area (Å²) in [7, 11) is 2.76. The predicted octanol–water partition coefficient (Wildman–Crippen LogP) is 1.59. The van der Waals surface area contributed by atoms with Gasteiger partial charge in [0.2, 0.25) is 0 Å². The predicted molar refractivity (Wildman–Crippen MR) is 67.7 cm³/mol. The molecule has 1 N–H and O–H groups in total. The van der Waals surface area contributed by atoms with Gasteiger partial charge < -0.3 is 19.5 Å². The maximum atomic E-state index is 11.8. The van der Waals surface area contributed by atoms with Crippen LogP contribution < -0.4 is 14.8 Å². The molecule has 1 amide bonds. The first-order valence-electron chi connectivity index (χ1n) is 5.88. The van der Waals surface area contributed by atoms with Crippen LogP contribution in [0.3, 0.4) is 0 Å². The number of amides is 1. The van der Waals surface area contributed by atoms with Crippen molar-refractivity contribution in [3.05, 3.63) is 17.7 Å². The lowest BCUT2D eigenvalue weighted by molar-refractivity contribution is -0.123. The zero-order chi connectivity index (χ0) is 14.0. The lowest BCUT2D eigenvalue weighted by atomic mass is 10.1. The largest absolute Gasteiger partial charge is 0.497 e. The number of fused-ring (bicyclic) bond motifs is 1. The number of benzene rings is 1. The molecule has 1 unspecified atom stereocenters. The summed E-state index contributed by atoms with van der Waals surface area (Å²) in [6.45, 7) is 1.84. The van der Waals surface area contributed by atoms with E-state index in [0.717, 1.165) is 0 Å². The van der Waals surface area contributed by atoms with E-state index in [0.29, 0.717) is 23.6 Å². The Hall–Kier alpha value is -2.24. The van der Waals surface area contributed by atoms with Crippen molar-refractivity contribution in [1.82, 2.24) is 0 Å². The van der Waals surface area contributed by atoms with Crippen LogP contribution in [0.25, 0.3) is 0 Å². The number of esters is 1. The summed E-state index contributed by atoms with van der Waals surface area (Å²) in [5.41, 5.74) is 0.530. The van der Waals surface area contributed by atoms with Crippen molar-refractivity contribution in [2.45, 2.75) is 19.4 Å². The van der Waals surface area contributed by atoms with Crippen molar-refractivity contribution in [3.63, 3.8) is 0 Å². The maximum absolute atomic E-state index is 11.8. The van der Waals surface area contributed by atoms with E-state index in [2.05, 4.69) is 10.1 Å². The second kappa shape index (κ2) is 5.17. The van der Waals surface area contributed by atoms with Gasteiger partial charge in [-0.1, -0.05) is 6.92 Å². The summed E-state index contributed by atoms with van der Waals surface area (Å²) >= 11 is 0. The summed E-state index contributed by atoms with van der Waals surface area (Å²) < 4.78 is 15.4. The van der Waals surface area contributed by atoms with Gasteiger partial charge in [0, 0.05) is 6.07 Å². The van der Waals surface area contributed by atoms with Crippen LogP contribution in [0.15, 0.2) is 12.1 Å². The molecule has 1 atom stereocenters. The van der Waals surface area contributed by atoms with Gasteiger partial charge in [0.1, 0.15) is 11.5 Å². The van der Waals surface area contributed by atoms with E-state index in [1.54, 1.807) is 6.07 Å². The fraction of sp³-hybridized carbons (Fsp3) is 0.385. The molecule has 0 radical (unpaired) electrons. The van der Waals surface area contributed by atoms with Gasteiger partial charge >= 0.3 is 5.97 Å². The van der Waals surface area contributed by atoms with Crippen LogP contribution in [0.1, 0.15) is 23.7 Å². The average molecular weight is 265 g/mol. The van der Waals surface area contributed by atoms with Crippen molar-refractivity contribution in [2.24, 2.45) is 0 Å². The zero-order valence-electron chi connectivity index (χ0n) is 11.0. The molecule has 6 nitrogen and oxygen atoms in total. The van der Waals surface area contributed by atoms with Crippen LogP contribution in [0.5, 0.6) is 11.5 Å². The summed E-state index contributed by atoms with van der Waals surface area (Å²) in [5, 5.41) is 2.68. The standard InChI is InChI=1S/C13H15NO5/c1-4-9-12(15)14-11-8(13(16)18-3)5-7(17-2)6-10(11)19-9/h5-6,9H,4H2,1-3H3,(H,14,15). The Balaban J connectivity index is 2.52. The van der Waals surface area contributed by atoms with Crippen LogP contribution in [-0.2, 0) is 9.53 Å². The Morgan fingerprint density at radius 1 is 1.42 bits per heavy atom. The van der Waals surface area contributed by atoms with E-state index < -0.39 is 12.1 Å². The van der Waals surface area contributed by atoms with Crippen LogP contribution in [0.2, 0.25) is 0 Å². The molecule has 0 aliphatic carbocycles. The molecular formula is C13H15NO5. The van der Waals surface area contributed by atoms with E-state index in [1.165, 1.54) is 20.3 Å². The number of anilines is 1. The molecule has 1 heterocycles. The first-order valence-corrected chi connectivity index (χ1v) is 5.88. The fourth-order valence-corrected chi connectivity index (χ4v) is 1.88. The van der Waals surface area contributed by atoms with Gasteiger partial charge in [0.05, 0.1) is 25.5 Å². The highest BCUT2D eigenvalue weighted by molar-refractivity contribution is 6.06. The summed E-state index contributed by atoms with van der Waals surface area (Å²) in [5.74, 6) is 0.0377. The van der Waals surface area contributed by atoms with Gasteiger partial charge in [-0.05, 0) is 12.5 Å². The molecule has 102 valence electrons. The lowest BCUT2D eigenvalue weighted by Gasteiger charge is -2.26. The number of carbonyl (C=O) groups excluding carboxylic acids is 2. The average Bonchev–Trinajstić information content (AvgIpc) is 2.44. The molecule has 6 heteroatoms. The summed E-state index contributed by atoms with van der Waals surface area (Å²) in [6.07, 6.45) is -0.0270. The van der Waals surface area contributed by atoms with E-state index >= 15 is 0 Å². The molecule has 1 aliphatic rings. The third-order valence-electron chi connectivity index (χ3n) is 2.90. The van der Waals surface area contributed by atoms with Crippen molar-refractivity contribution in [2.75, 3.05) is 19.5 Å². The van der Waals surface area contributed by atoms with Crippen LogP contribution in [0.4, 0.5) is 5.69 Å². The first-order chi connectivity index (χ1) is 9.10. The third kappa shape index (κ3) is 2.33. The molecular weight excluding hydrogens is 250 g/mol. The Morgan fingerprint density at radius 2 is 2.16 bits per heavy atom. The lowest BCUT2D eigenvalue weighted by Crippen LogP contribution is -2.37. The number of ether oxygens (including phenoxy) is 3. The maximum Gasteiger partial charge on any atom is 0.340 e. The number of methoxy groups -OCH3 is 2. The first kappa shape index (κ1) is 13.2. The Labute approximate surface area is 110 Å². The van der Waals surface area contributed by atoms with Gasteiger partial charge in [0.25, 0.3) is 5.91 Å². The second-order valence-corrected chi connectivity index (χ2v) is 4.04. The number of rotatable bonds is 3. The number of carbonyl (C=O) groups is 2. The minimum atomic E-state index is -0.565. The van der Waals surface area contributed by atoms with Crippen molar-refractivity contribution < 1.29 is 23.8 Å². The van der Waals surface area contributed by atoms with Gasteiger partial charge in [0.15, 0.2) is 6.10 Å². The number of nitrogens with one attached hydrogen (secondary N) is 1. The highest BCUT2D eigenvalue weighted by Crippen LogP contribution is 2.37. The Bertz CT molecular complexity index is 526. The molecule has 1 aromatic rings. The van der Waals surface area contributed by atoms with Gasteiger partial charge in [-0.2, -0.15) is 0 Å². The molecule has 0 spiro atoms. The molecule has 0 fully saturated rings. The smallest absolute Gasteiger partial charge is 0.340 e.